The second-order valence-electron chi connectivity index (χ2n) is 5.80. The Morgan fingerprint density at radius 2 is 1.62 bits per heavy atom. The lowest BCUT2D eigenvalue weighted by Crippen LogP contribution is -2.52. The van der Waals surface area contributed by atoms with E-state index in [1.165, 1.54) is 19.3 Å². The molecule has 4 aliphatic carbocycles. The minimum Gasteiger partial charge on any atom is -0.434 e. The van der Waals surface area contributed by atoms with Crippen molar-refractivity contribution in [3.8, 4) is 0 Å². The lowest BCUT2D eigenvalue weighted by atomic mass is 9.54. The summed E-state index contributed by atoms with van der Waals surface area (Å²) in [4.78, 5) is 11.4. The first-order chi connectivity index (χ1) is 7.69. The summed E-state index contributed by atoms with van der Waals surface area (Å²) in [5.74, 6) is 2.37. The zero-order chi connectivity index (χ0) is 11.2. The summed E-state index contributed by atoms with van der Waals surface area (Å²) in [7, 11) is 0. The number of rotatable bonds is 2. The van der Waals surface area contributed by atoms with E-state index in [0.29, 0.717) is 0 Å². The molecular weight excluding hydrogens is 204 g/mol. The number of carbonyl (C=O) groups is 1. The van der Waals surface area contributed by atoms with Crippen molar-refractivity contribution in [1.29, 1.82) is 0 Å². The first-order valence-electron chi connectivity index (χ1n) is 6.34. The topological polar surface area (TPSA) is 35.5 Å². The van der Waals surface area contributed by atoms with E-state index >= 15 is 0 Å². The standard InChI is InChI=1S/C13H19O3/c1-2-15-12(14)16-13-6-9-3-10(7-13)5-11(4-9)8-13/h9-11H,1-8H2. The largest absolute Gasteiger partial charge is 0.508 e. The molecule has 89 valence electrons. The van der Waals surface area contributed by atoms with Gasteiger partial charge in [-0.1, -0.05) is 0 Å². The predicted octanol–water partition coefficient (Wildman–Crippen LogP) is 2.94. The van der Waals surface area contributed by atoms with Crippen LogP contribution in [0, 0.1) is 24.7 Å². The van der Waals surface area contributed by atoms with Crippen LogP contribution in [0.2, 0.25) is 0 Å². The molecule has 0 saturated heterocycles. The van der Waals surface area contributed by atoms with E-state index in [-0.39, 0.29) is 12.2 Å². The van der Waals surface area contributed by atoms with Gasteiger partial charge in [0, 0.05) is 0 Å². The molecule has 0 atom stereocenters. The predicted molar refractivity (Wildman–Crippen MR) is 58.7 cm³/mol. The third-order valence-electron chi connectivity index (χ3n) is 4.50. The fourth-order valence-corrected chi connectivity index (χ4v) is 4.45. The molecule has 4 fully saturated rings. The molecule has 0 spiro atoms. The van der Waals surface area contributed by atoms with Gasteiger partial charge >= 0.3 is 6.16 Å². The second-order valence-corrected chi connectivity index (χ2v) is 5.80. The minimum absolute atomic E-state index is 0.158. The molecule has 0 heterocycles. The normalized spacial score (nSPS) is 44.4. The highest BCUT2D eigenvalue weighted by molar-refractivity contribution is 5.60. The van der Waals surface area contributed by atoms with Gasteiger partial charge in [-0.2, -0.15) is 0 Å². The number of carbonyl (C=O) groups excluding carboxylic acids is 1. The SMILES string of the molecule is [CH2]COC(=O)OC12CC3CC(CC(C3)C1)C2. The van der Waals surface area contributed by atoms with Gasteiger partial charge in [0.05, 0.1) is 6.61 Å². The van der Waals surface area contributed by atoms with Crippen LogP contribution in [-0.4, -0.2) is 18.4 Å². The highest BCUT2D eigenvalue weighted by Crippen LogP contribution is 2.57. The highest BCUT2D eigenvalue weighted by atomic mass is 16.7. The summed E-state index contributed by atoms with van der Waals surface area (Å²) in [6, 6.07) is 0. The molecule has 4 aliphatic rings. The summed E-state index contributed by atoms with van der Waals surface area (Å²) in [6.45, 7) is 3.65. The molecule has 0 aliphatic heterocycles. The summed E-state index contributed by atoms with van der Waals surface area (Å²) in [6.07, 6.45) is 6.73. The van der Waals surface area contributed by atoms with Crippen molar-refractivity contribution in [1.82, 2.24) is 0 Å². The maximum atomic E-state index is 11.4. The molecule has 0 N–H and O–H groups in total. The van der Waals surface area contributed by atoms with Gasteiger partial charge in [-0.05, 0) is 63.2 Å². The molecule has 3 nitrogen and oxygen atoms in total. The Balaban J connectivity index is 1.71. The fraction of sp³-hybridized carbons (Fsp3) is 0.846. The van der Waals surface area contributed by atoms with Gasteiger partial charge in [-0.15, -0.1) is 0 Å². The van der Waals surface area contributed by atoms with E-state index in [4.69, 9.17) is 9.47 Å². The van der Waals surface area contributed by atoms with Crippen molar-refractivity contribution in [2.75, 3.05) is 6.61 Å². The Labute approximate surface area is 96.5 Å². The Kier molecular flexibility index (Phi) is 2.37. The van der Waals surface area contributed by atoms with Crippen LogP contribution in [0.5, 0.6) is 0 Å². The molecule has 0 aromatic carbocycles. The second kappa shape index (κ2) is 3.64. The van der Waals surface area contributed by atoms with Crippen LogP contribution in [0.3, 0.4) is 0 Å². The molecule has 3 heteroatoms. The summed E-state index contributed by atoms with van der Waals surface area (Å²) in [5.41, 5.74) is -0.180. The minimum atomic E-state index is -0.517. The van der Waals surface area contributed by atoms with Crippen molar-refractivity contribution >= 4 is 6.16 Å². The van der Waals surface area contributed by atoms with Gasteiger partial charge in [-0.25, -0.2) is 4.79 Å². The zero-order valence-electron chi connectivity index (χ0n) is 9.61. The first-order valence-corrected chi connectivity index (χ1v) is 6.34. The first kappa shape index (κ1) is 10.4. The average Bonchev–Trinajstić information content (AvgIpc) is 2.13. The van der Waals surface area contributed by atoms with E-state index in [1.54, 1.807) is 0 Å². The van der Waals surface area contributed by atoms with Crippen molar-refractivity contribution in [3.63, 3.8) is 0 Å². The van der Waals surface area contributed by atoms with Gasteiger partial charge in [0.15, 0.2) is 0 Å². The average molecular weight is 223 g/mol. The van der Waals surface area contributed by atoms with Crippen LogP contribution >= 0.6 is 0 Å². The van der Waals surface area contributed by atoms with Crippen molar-refractivity contribution in [3.05, 3.63) is 6.92 Å². The molecule has 0 aromatic heterocycles. The number of hydrogen-bond acceptors (Lipinski definition) is 3. The van der Waals surface area contributed by atoms with Crippen LogP contribution in [0.15, 0.2) is 0 Å². The third-order valence-corrected chi connectivity index (χ3v) is 4.50. The van der Waals surface area contributed by atoms with E-state index in [2.05, 4.69) is 6.92 Å². The number of ether oxygens (including phenoxy) is 2. The van der Waals surface area contributed by atoms with Crippen LogP contribution < -0.4 is 0 Å². The molecule has 4 rings (SSSR count). The molecule has 1 radical (unpaired) electrons. The summed E-state index contributed by atoms with van der Waals surface area (Å²) in [5, 5.41) is 0. The summed E-state index contributed by atoms with van der Waals surface area (Å²) < 4.78 is 10.4. The Bertz CT molecular complexity index is 262. The maximum absolute atomic E-state index is 11.4. The molecule has 4 bridgehead atoms. The highest BCUT2D eigenvalue weighted by Gasteiger charge is 2.53. The maximum Gasteiger partial charge on any atom is 0.508 e. The van der Waals surface area contributed by atoms with Crippen molar-refractivity contribution in [2.45, 2.75) is 44.1 Å². The molecule has 4 saturated carbocycles. The van der Waals surface area contributed by atoms with E-state index in [0.717, 1.165) is 37.0 Å². The van der Waals surface area contributed by atoms with Crippen LogP contribution in [0.4, 0.5) is 4.79 Å². The van der Waals surface area contributed by atoms with Gasteiger partial charge in [-0.3, -0.25) is 0 Å². The Morgan fingerprint density at radius 3 is 2.06 bits per heavy atom. The summed E-state index contributed by atoms with van der Waals surface area (Å²) >= 11 is 0. The number of hydrogen-bond donors (Lipinski definition) is 0. The van der Waals surface area contributed by atoms with Crippen LogP contribution in [-0.2, 0) is 9.47 Å². The van der Waals surface area contributed by atoms with Crippen molar-refractivity contribution < 1.29 is 14.3 Å². The van der Waals surface area contributed by atoms with Gasteiger partial charge in [0.1, 0.15) is 5.60 Å². The quantitative estimate of drug-likeness (QED) is 0.675. The lowest BCUT2D eigenvalue weighted by Gasteiger charge is -2.55. The molecule has 0 unspecified atom stereocenters. The van der Waals surface area contributed by atoms with E-state index in [9.17, 15) is 4.79 Å². The van der Waals surface area contributed by atoms with E-state index in [1.807, 2.05) is 0 Å². The molecule has 16 heavy (non-hydrogen) atoms. The van der Waals surface area contributed by atoms with Gasteiger partial charge in [0.2, 0.25) is 0 Å². The van der Waals surface area contributed by atoms with Crippen LogP contribution in [0.25, 0.3) is 0 Å². The smallest absolute Gasteiger partial charge is 0.434 e. The Hall–Kier alpha value is -0.730. The molecular formula is C13H19O3. The van der Waals surface area contributed by atoms with Gasteiger partial charge in [0.25, 0.3) is 0 Å². The molecule has 0 aromatic rings. The van der Waals surface area contributed by atoms with Crippen LogP contribution in [0.1, 0.15) is 38.5 Å². The Morgan fingerprint density at radius 1 is 1.12 bits per heavy atom. The van der Waals surface area contributed by atoms with Gasteiger partial charge < -0.3 is 9.47 Å². The lowest BCUT2D eigenvalue weighted by molar-refractivity contribution is -0.141. The monoisotopic (exact) mass is 223 g/mol. The van der Waals surface area contributed by atoms with Crippen molar-refractivity contribution in [2.24, 2.45) is 17.8 Å². The van der Waals surface area contributed by atoms with E-state index < -0.39 is 6.16 Å². The third kappa shape index (κ3) is 1.70. The molecule has 0 amide bonds. The zero-order valence-corrected chi connectivity index (χ0v) is 9.61. The fourth-order valence-electron chi connectivity index (χ4n) is 4.45.